The first-order chi connectivity index (χ1) is 16.5. The molecule has 0 unspecified atom stereocenters. The molecule has 0 aliphatic carbocycles. The van der Waals surface area contributed by atoms with Crippen LogP contribution < -0.4 is 15.0 Å². The van der Waals surface area contributed by atoms with Crippen LogP contribution in [0.15, 0.2) is 73.1 Å². The van der Waals surface area contributed by atoms with Crippen LogP contribution in [0.1, 0.15) is 5.56 Å². The molecule has 0 radical (unpaired) electrons. The van der Waals surface area contributed by atoms with Crippen molar-refractivity contribution in [2.24, 2.45) is 0 Å². The number of sulfonamides is 1. The molecule has 176 valence electrons. The van der Waals surface area contributed by atoms with Gasteiger partial charge < -0.3 is 9.88 Å². The minimum atomic E-state index is -3.38. The van der Waals surface area contributed by atoms with Gasteiger partial charge in [0.2, 0.25) is 16.0 Å². The maximum Gasteiger partial charge on any atom is 0.247 e. The fourth-order valence-electron chi connectivity index (χ4n) is 4.16. The van der Waals surface area contributed by atoms with Crippen LogP contribution in [0.5, 0.6) is 0 Å². The molecule has 0 spiro atoms. The molecule has 3 heterocycles. The van der Waals surface area contributed by atoms with E-state index in [1.807, 2.05) is 59.4 Å². The Morgan fingerprint density at radius 2 is 1.76 bits per heavy atom. The zero-order valence-corrected chi connectivity index (χ0v) is 19.7. The zero-order chi connectivity index (χ0) is 23.5. The maximum absolute atomic E-state index is 11.8. The number of rotatable bonds is 7. The van der Waals surface area contributed by atoms with Crippen molar-refractivity contribution in [3.05, 3.63) is 78.6 Å². The van der Waals surface area contributed by atoms with Gasteiger partial charge in [0.15, 0.2) is 0 Å². The number of nitrogens with one attached hydrogen (secondary N) is 2. The van der Waals surface area contributed by atoms with Crippen LogP contribution in [0.2, 0.25) is 0 Å². The summed E-state index contributed by atoms with van der Waals surface area (Å²) < 4.78 is 28.3. The summed E-state index contributed by atoms with van der Waals surface area (Å²) in [7, 11) is -3.38. The Morgan fingerprint density at radius 3 is 2.53 bits per heavy atom. The predicted molar refractivity (Wildman–Crippen MR) is 135 cm³/mol. The summed E-state index contributed by atoms with van der Waals surface area (Å²) in [5.74, 6) is 0.600. The first-order valence-electron chi connectivity index (χ1n) is 11.2. The molecular weight excluding hydrogens is 450 g/mol. The first kappa shape index (κ1) is 22.3. The molecule has 5 rings (SSSR count). The molecule has 1 aliphatic rings. The zero-order valence-electron chi connectivity index (χ0n) is 18.9. The van der Waals surface area contributed by atoms with Gasteiger partial charge in [-0.05, 0) is 29.8 Å². The lowest BCUT2D eigenvalue weighted by molar-refractivity contribution is 0.240. The highest BCUT2D eigenvalue weighted by Crippen LogP contribution is 2.27. The average molecular weight is 478 g/mol. The number of nitrogens with zero attached hydrogens (tertiary/aromatic N) is 5. The van der Waals surface area contributed by atoms with E-state index in [4.69, 9.17) is 9.97 Å². The number of hydrogen-bond acceptors (Lipinski definition) is 7. The van der Waals surface area contributed by atoms with Crippen LogP contribution in [-0.2, 0) is 16.6 Å². The molecule has 9 nitrogen and oxygen atoms in total. The smallest absolute Gasteiger partial charge is 0.247 e. The topological polar surface area (TPSA) is 95.4 Å². The van der Waals surface area contributed by atoms with E-state index in [0.29, 0.717) is 18.2 Å². The van der Waals surface area contributed by atoms with Crippen molar-refractivity contribution in [1.29, 1.82) is 0 Å². The molecule has 0 amide bonds. The Balaban J connectivity index is 1.53. The number of fused-ring (bicyclic) bond motifs is 1. The quantitative estimate of drug-likeness (QED) is 0.423. The van der Waals surface area contributed by atoms with E-state index in [2.05, 4.69) is 32.2 Å². The van der Waals surface area contributed by atoms with Gasteiger partial charge in [0.1, 0.15) is 5.65 Å². The van der Waals surface area contributed by atoms with Gasteiger partial charge in [-0.25, -0.2) is 23.4 Å². The van der Waals surface area contributed by atoms with E-state index in [1.54, 1.807) is 6.07 Å². The molecule has 34 heavy (non-hydrogen) atoms. The Labute approximate surface area is 199 Å². The first-order valence-corrected chi connectivity index (χ1v) is 13.1. The minimum absolute atomic E-state index is 0.470. The van der Waals surface area contributed by atoms with Gasteiger partial charge in [-0.1, -0.05) is 36.4 Å². The van der Waals surface area contributed by atoms with Crippen molar-refractivity contribution in [1.82, 2.24) is 24.9 Å². The van der Waals surface area contributed by atoms with Crippen molar-refractivity contribution in [3.8, 4) is 0 Å². The van der Waals surface area contributed by atoms with E-state index >= 15 is 0 Å². The highest BCUT2D eigenvalue weighted by molar-refractivity contribution is 7.92. The van der Waals surface area contributed by atoms with Gasteiger partial charge in [0, 0.05) is 44.0 Å². The van der Waals surface area contributed by atoms with Crippen LogP contribution in [0.3, 0.4) is 0 Å². The van der Waals surface area contributed by atoms with Gasteiger partial charge in [-0.15, -0.1) is 0 Å². The SMILES string of the molecule is CS(=O)(=O)Nc1ccccc1Cn1ccc2cnc(N(c3ccccc3)N3CCNCC3)nc21. The summed E-state index contributed by atoms with van der Waals surface area (Å²) in [4.78, 5) is 9.66. The minimum Gasteiger partial charge on any atom is -0.328 e. The number of hydrogen-bond donors (Lipinski definition) is 2. The molecule has 1 aliphatic heterocycles. The van der Waals surface area contributed by atoms with Gasteiger partial charge in [0.25, 0.3) is 0 Å². The molecule has 0 bridgehead atoms. The second-order valence-electron chi connectivity index (χ2n) is 8.27. The average Bonchev–Trinajstić information content (AvgIpc) is 3.23. The number of piperazine rings is 1. The van der Waals surface area contributed by atoms with Crippen LogP contribution in [-0.4, -0.2) is 60.4 Å². The molecule has 2 aromatic heterocycles. The molecule has 0 atom stereocenters. The fraction of sp³-hybridized carbons (Fsp3) is 0.250. The lowest BCUT2D eigenvalue weighted by atomic mass is 10.2. The number of benzene rings is 2. The third kappa shape index (κ3) is 4.89. The molecule has 2 aromatic carbocycles. The summed E-state index contributed by atoms with van der Waals surface area (Å²) in [6.45, 7) is 3.96. The van der Waals surface area contributed by atoms with Gasteiger partial charge >= 0.3 is 0 Å². The summed E-state index contributed by atoms with van der Waals surface area (Å²) in [5.41, 5.74) is 3.21. The summed E-state index contributed by atoms with van der Waals surface area (Å²) >= 11 is 0. The van der Waals surface area contributed by atoms with Crippen molar-refractivity contribution in [2.75, 3.05) is 42.2 Å². The third-order valence-corrected chi connectivity index (χ3v) is 6.30. The number of aromatic nitrogens is 3. The van der Waals surface area contributed by atoms with Gasteiger partial charge in [0.05, 0.1) is 24.2 Å². The van der Waals surface area contributed by atoms with Gasteiger partial charge in [-0.3, -0.25) is 4.72 Å². The second-order valence-corrected chi connectivity index (χ2v) is 10.0. The lowest BCUT2D eigenvalue weighted by Crippen LogP contribution is -2.51. The highest BCUT2D eigenvalue weighted by atomic mass is 32.2. The lowest BCUT2D eigenvalue weighted by Gasteiger charge is -2.37. The third-order valence-electron chi connectivity index (χ3n) is 5.71. The van der Waals surface area contributed by atoms with Crippen LogP contribution in [0.4, 0.5) is 17.3 Å². The van der Waals surface area contributed by atoms with Crippen molar-refractivity contribution < 1.29 is 8.42 Å². The van der Waals surface area contributed by atoms with Gasteiger partial charge in [-0.2, -0.15) is 4.98 Å². The van der Waals surface area contributed by atoms with E-state index in [9.17, 15) is 8.42 Å². The summed E-state index contributed by atoms with van der Waals surface area (Å²) in [6.07, 6.45) is 4.95. The largest absolute Gasteiger partial charge is 0.328 e. The Bertz CT molecular complexity index is 1380. The summed E-state index contributed by atoms with van der Waals surface area (Å²) in [5, 5.41) is 8.65. The molecule has 1 fully saturated rings. The molecule has 1 saturated heterocycles. The van der Waals surface area contributed by atoms with Crippen LogP contribution in [0.25, 0.3) is 11.0 Å². The summed E-state index contributed by atoms with van der Waals surface area (Å²) in [6, 6.07) is 19.5. The highest BCUT2D eigenvalue weighted by Gasteiger charge is 2.23. The Hall–Kier alpha value is -3.47. The second kappa shape index (κ2) is 9.41. The normalized spacial score (nSPS) is 14.9. The van der Waals surface area contributed by atoms with Crippen molar-refractivity contribution in [3.63, 3.8) is 0 Å². The molecule has 0 saturated carbocycles. The number of hydrazine groups is 1. The molecule has 2 N–H and O–H groups in total. The Kier molecular flexibility index (Phi) is 6.18. The molecule has 4 aromatic rings. The molecule has 10 heteroatoms. The van der Waals surface area contributed by atoms with E-state index in [0.717, 1.165) is 54.7 Å². The van der Waals surface area contributed by atoms with E-state index in [1.165, 1.54) is 0 Å². The maximum atomic E-state index is 11.8. The van der Waals surface area contributed by atoms with E-state index < -0.39 is 10.0 Å². The van der Waals surface area contributed by atoms with Crippen LogP contribution in [0, 0.1) is 0 Å². The van der Waals surface area contributed by atoms with E-state index in [-0.39, 0.29) is 0 Å². The van der Waals surface area contributed by atoms with Crippen LogP contribution >= 0.6 is 0 Å². The predicted octanol–water partition coefficient (Wildman–Crippen LogP) is 2.81. The number of para-hydroxylation sites is 2. The fourth-order valence-corrected chi connectivity index (χ4v) is 4.76. The Morgan fingerprint density at radius 1 is 1.03 bits per heavy atom. The monoisotopic (exact) mass is 477 g/mol. The standard InChI is InChI=1S/C24H27N7O2S/c1-34(32,33)28-22-10-6-5-7-20(22)18-29-14-11-19-17-26-24(27-23(19)29)31(21-8-3-2-4-9-21)30-15-12-25-13-16-30/h2-11,14,17,25,28H,12-13,15-16,18H2,1H3. The number of anilines is 3. The van der Waals surface area contributed by atoms with Crippen molar-refractivity contribution >= 4 is 38.4 Å². The van der Waals surface area contributed by atoms with Crippen molar-refractivity contribution in [2.45, 2.75) is 6.54 Å². The molecular formula is C24H27N7O2S.